The Morgan fingerprint density at radius 2 is 1.64 bits per heavy atom. The number of nitrogens with one attached hydrogen (secondary N) is 1. The van der Waals surface area contributed by atoms with Gasteiger partial charge in [0, 0.05) is 37.6 Å². The molecule has 4 nitrogen and oxygen atoms in total. The van der Waals surface area contributed by atoms with Gasteiger partial charge in [0.25, 0.3) is 0 Å². The van der Waals surface area contributed by atoms with E-state index in [1.807, 2.05) is 0 Å². The molecule has 0 aromatic carbocycles. The standard InChI is InChI=1S/C8H23NO3Si2/c1-10-14(11-2,12-3)8-4-5-9-6-7-13/h9H,4-8H2,1-3,13H3. The molecule has 0 unspecified atom stereocenters. The number of rotatable bonds is 9. The van der Waals surface area contributed by atoms with Gasteiger partial charge in [-0.05, 0) is 19.5 Å². The highest BCUT2D eigenvalue weighted by Crippen LogP contribution is 2.14. The summed E-state index contributed by atoms with van der Waals surface area (Å²) in [6.07, 6.45) is 1.04. The summed E-state index contributed by atoms with van der Waals surface area (Å²) in [5, 5.41) is 3.37. The first-order chi connectivity index (χ1) is 6.74. The van der Waals surface area contributed by atoms with Crippen LogP contribution in [0.4, 0.5) is 0 Å². The first kappa shape index (κ1) is 14.3. The summed E-state index contributed by atoms with van der Waals surface area (Å²) >= 11 is 0. The van der Waals surface area contributed by atoms with E-state index in [-0.39, 0.29) is 0 Å². The molecular weight excluding hydrogens is 214 g/mol. The lowest BCUT2D eigenvalue weighted by atomic mass is 10.5. The summed E-state index contributed by atoms with van der Waals surface area (Å²) in [7, 11) is 3.93. The molecule has 0 bridgehead atoms. The van der Waals surface area contributed by atoms with Crippen LogP contribution in [-0.4, -0.2) is 53.5 Å². The molecule has 0 saturated heterocycles. The van der Waals surface area contributed by atoms with Crippen molar-refractivity contribution < 1.29 is 13.3 Å². The zero-order chi connectivity index (χ0) is 10.9. The zero-order valence-corrected chi connectivity index (χ0v) is 12.8. The molecule has 0 aromatic rings. The fourth-order valence-electron chi connectivity index (χ4n) is 1.29. The van der Waals surface area contributed by atoms with E-state index in [1.165, 1.54) is 16.3 Å². The van der Waals surface area contributed by atoms with Crippen molar-refractivity contribution in [3.05, 3.63) is 0 Å². The van der Waals surface area contributed by atoms with Gasteiger partial charge in [-0.15, -0.1) is 0 Å². The lowest BCUT2D eigenvalue weighted by molar-refractivity contribution is 0.123. The van der Waals surface area contributed by atoms with Crippen molar-refractivity contribution in [2.24, 2.45) is 0 Å². The first-order valence-electron chi connectivity index (χ1n) is 5.10. The molecule has 14 heavy (non-hydrogen) atoms. The third-order valence-corrected chi connectivity index (χ3v) is 5.53. The van der Waals surface area contributed by atoms with Crippen LogP contribution >= 0.6 is 0 Å². The van der Waals surface area contributed by atoms with Crippen LogP contribution in [0.2, 0.25) is 12.1 Å². The van der Waals surface area contributed by atoms with Crippen molar-refractivity contribution in [2.75, 3.05) is 34.4 Å². The van der Waals surface area contributed by atoms with E-state index in [0.717, 1.165) is 25.6 Å². The third-order valence-electron chi connectivity index (χ3n) is 2.20. The van der Waals surface area contributed by atoms with Crippen LogP contribution in [0.3, 0.4) is 0 Å². The van der Waals surface area contributed by atoms with Crippen LogP contribution in [0.1, 0.15) is 6.42 Å². The maximum Gasteiger partial charge on any atom is 0.500 e. The largest absolute Gasteiger partial charge is 0.500 e. The second kappa shape index (κ2) is 8.57. The minimum Gasteiger partial charge on any atom is -0.377 e. The zero-order valence-electron chi connectivity index (χ0n) is 9.76. The quantitative estimate of drug-likeness (QED) is 0.439. The van der Waals surface area contributed by atoms with Gasteiger partial charge in [0.15, 0.2) is 0 Å². The molecule has 86 valence electrons. The van der Waals surface area contributed by atoms with Gasteiger partial charge in [-0.1, -0.05) is 6.04 Å². The van der Waals surface area contributed by atoms with Crippen LogP contribution in [-0.2, 0) is 13.3 Å². The molecule has 1 N–H and O–H groups in total. The average Bonchev–Trinajstić information content (AvgIpc) is 2.24. The molecule has 0 aliphatic rings. The molecule has 0 aliphatic carbocycles. The Morgan fingerprint density at radius 3 is 2.07 bits per heavy atom. The highest BCUT2D eigenvalue weighted by molar-refractivity contribution is 6.60. The van der Waals surface area contributed by atoms with Crippen molar-refractivity contribution in [3.8, 4) is 0 Å². The van der Waals surface area contributed by atoms with Crippen LogP contribution in [0.25, 0.3) is 0 Å². The fraction of sp³-hybridized carbons (Fsp3) is 1.00. The van der Waals surface area contributed by atoms with Gasteiger partial charge in [0.05, 0.1) is 0 Å². The Hall–Kier alpha value is 0.274. The van der Waals surface area contributed by atoms with E-state index < -0.39 is 8.80 Å². The van der Waals surface area contributed by atoms with Crippen LogP contribution in [0.15, 0.2) is 0 Å². The molecule has 0 rings (SSSR count). The Bertz CT molecular complexity index is 125. The smallest absolute Gasteiger partial charge is 0.377 e. The average molecular weight is 237 g/mol. The van der Waals surface area contributed by atoms with Gasteiger partial charge in [-0.2, -0.15) is 0 Å². The lowest BCUT2D eigenvalue weighted by Crippen LogP contribution is -2.43. The summed E-state index contributed by atoms with van der Waals surface area (Å²) < 4.78 is 15.9. The SMILES string of the molecule is CO[Si](CCCNCC[SiH3])(OC)OC. The van der Waals surface area contributed by atoms with Gasteiger partial charge in [0.1, 0.15) is 0 Å². The van der Waals surface area contributed by atoms with Gasteiger partial charge in [-0.25, -0.2) is 0 Å². The van der Waals surface area contributed by atoms with Crippen molar-refractivity contribution in [1.29, 1.82) is 0 Å². The molecule has 0 radical (unpaired) electrons. The normalized spacial score (nSPS) is 12.2. The summed E-state index contributed by atoms with van der Waals surface area (Å²) in [6, 6.07) is 2.19. The lowest BCUT2D eigenvalue weighted by Gasteiger charge is -2.24. The van der Waals surface area contributed by atoms with Crippen molar-refractivity contribution >= 4 is 19.0 Å². The highest BCUT2D eigenvalue weighted by Gasteiger charge is 2.36. The second-order valence-electron chi connectivity index (χ2n) is 3.15. The third kappa shape index (κ3) is 5.23. The van der Waals surface area contributed by atoms with Crippen molar-refractivity contribution in [1.82, 2.24) is 5.32 Å². The van der Waals surface area contributed by atoms with Crippen molar-refractivity contribution in [3.63, 3.8) is 0 Å². The molecule has 0 atom stereocenters. The molecule has 0 amide bonds. The van der Waals surface area contributed by atoms with Gasteiger partial charge in [0.2, 0.25) is 0 Å². The monoisotopic (exact) mass is 237 g/mol. The summed E-state index contributed by atoms with van der Waals surface area (Å²) in [5.41, 5.74) is 0. The van der Waals surface area contributed by atoms with E-state index in [0.29, 0.717) is 0 Å². The molecular formula is C8H23NO3Si2. The number of hydrogen-bond acceptors (Lipinski definition) is 4. The van der Waals surface area contributed by atoms with Crippen LogP contribution < -0.4 is 5.32 Å². The molecule has 0 fully saturated rings. The minimum absolute atomic E-state index is 0.880. The van der Waals surface area contributed by atoms with Crippen molar-refractivity contribution in [2.45, 2.75) is 18.5 Å². The Morgan fingerprint density at radius 1 is 1.07 bits per heavy atom. The first-order valence-corrected chi connectivity index (χ1v) is 8.45. The molecule has 6 heteroatoms. The summed E-state index contributed by atoms with van der Waals surface area (Å²) in [4.78, 5) is 0. The molecule has 0 spiro atoms. The predicted octanol–water partition coefficient (Wildman–Crippen LogP) is -0.372. The Labute approximate surface area is 91.1 Å². The maximum atomic E-state index is 5.32. The maximum absolute atomic E-state index is 5.32. The Balaban J connectivity index is 3.61. The van der Waals surface area contributed by atoms with Gasteiger partial charge in [-0.3, -0.25) is 0 Å². The van der Waals surface area contributed by atoms with E-state index in [1.54, 1.807) is 21.3 Å². The predicted molar refractivity (Wildman–Crippen MR) is 63.8 cm³/mol. The molecule has 0 aromatic heterocycles. The van der Waals surface area contributed by atoms with Crippen LogP contribution in [0.5, 0.6) is 0 Å². The van der Waals surface area contributed by atoms with Crippen LogP contribution in [0, 0.1) is 0 Å². The van der Waals surface area contributed by atoms with E-state index in [9.17, 15) is 0 Å². The number of hydrogen-bond donors (Lipinski definition) is 1. The Kier molecular flexibility index (Phi) is 8.74. The topological polar surface area (TPSA) is 39.7 Å². The molecule has 0 heterocycles. The summed E-state index contributed by atoms with van der Waals surface area (Å²) in [6.45, 7) is 2.15. The molecule has 0 saturated carbocycles. The molecule has 0 aliphatic heterocycles. The van der Waals surface area contributed by atoms with Gasteiger partial charge < -0.3 is 18.6 Å². The fourth-order valence-corrected chi connectivity index (χ4v) is 3.36. The van der Waals surface area contributed by atoms with E-state index >= 15 is 0 Å². The van der Waals surface area contributed by atoms with E-state index in [2.05, 4.69) is 5.32 Å². The second-order valence-corrected chi connectivity index (χ2v) is 7.24. The van der Waals surface area contributed by atoms with E-state index in [4.69, 9.17) is 13.3 Å². The summed E-state index contributed by atoms with van der Waals surface area (Å²) in [5.74, 6) is 0. The highest BCUT2D eigenvalue weighted by atomic mass is 28.4. The minimum atomic E-state index is -2.31. The van der Waals surface area contributed by atoms with Gasteiger partial charge >= 0.3 is 8.80 Å².